The predicted octanol–water partition coefficient (Wildman–Crippen LogP) is 5.10. The van der Waals surface area contributed by atoms with Crippen LogP contribution in [-0.2, 0) is 0 Å². The van der Waals surface area contributed by atoms with Crippen molar-refractivity contribution in [2.45, 2.75) is 52.0 Å². The molecule has 0 spiro atoms. The molecule has 0 aliphatic heterocycles. The van der Waals surface area contributed by atoms with Crippen LogP contribution in [0, 0.1) is 11.2 Å². The van der Waals surface area contributed by atoms with E-state index in [0.717, 1.165) is 18.5 Å². The summed E-state index contributed by atoms with van der Waals surface area (Å²) in [5, 5.41) is 4.22. The van der Waals surface area contributed by atoms with E-state index in [1.54, 1.807) is 12.1 Å². The zero-order valence-corrected chi connectivity index (χ0v) is 12.6. The van der Waals surface area contributed by atoms with Crippen LogP contribution in [0.2, 0.25) is 5.02 Å². The predicted molar refractivity (Wildman–Crippen MR) is 79.0 cm³/mol. The molecule has 0 bridgehead atoms. The molecule has 0 saturated heterocycles. The standard InChI is InChI=1S/C16H23ClFN/c1-3-16(9-5-6-10-16)15(19-4-2)13-11-12(18)7-8-14(13)17/h7-8,11,15,19H,3-6,9-10H2,1-2H3. The summed E-state index contributed by atoms with van der Waals surface area (Å²) in [6.07, 6.45) is 6.05. The molecule has 1 saturated carbocycles. The van der Waals surface area contributed by atoms with Crippen molar-refractivity contribution in [2.75, 3.05) is 6.54 Å². The number of hydrogen-bond donors (Lipinski definition) is 1. The lowest BCUT2D eigenvalue weighted by Crippen LogP contribution is -2.36. The van der Waals surface area contributed by atoms with Gasteiger partial charge < -0.3 is 5.32 Å². The van der Waals surface area contributed by atoms with E-state index in [0.29, 0.717) is 5.02 Å². The Kier molecular flexibility index (Phi) is 4.86. The van der Waals surface area contributed by atoms with Crippen LogP contribution in [0.25, 0.3) is 0 Å². The second-order valence-corrected chi connectivity index (χ2v) is 5.99. The molecule has 19 heavy (non-hydrogen) atoms. The van der Waals surface area contributed by atoms with E-state index in [2.05, 4.69) is 19.2 Å². The van der Waals surface area contributed by atoms with Crippen molar-refractivity contribution in [3.63, 3.8) is 0 Å². The second kappa shape index (κ2) is 6.23. The maximum absolute atomic E-state index is 13.6. The molecule has 106 valence electrons. The lowest BCUT2D eigenvalue weighted by atomic mass is 9.73. The molecule has 1 aromatic carbocycles. The van der Waals surface area contributed by atoms with Crippen molar-refractivity contribution in [3.8, 4) is 0 Å². The van der Waals surface area contributed by atoms with Crippen molar-refractivity contribution in [1.82, 2.24) is 5.32 Å². The molecule has 0 amide bonds. The summed E-state index contributed by atoms with van der Waals surface area (Å²) in [5.41, 5.74) is 1.15. The highest BCUT2D eigenvalue weighted by Crippen LogP contribution is 2.51. The largest absolute Gasteiger partial charge is 0.310 e. The Hall–Kier alpha value is -0.600. The summed E-state index contributed by atoms with van der Waals surface area (Å²) >= 11 is 6.32. The number of rotatable bonds is 5. The van der Waals surface area contributed by atoms with E-state index in [-0.39, 0.29) is 17.3 Å². The summed E-state index contributed by atoms with van der Waals surface area (Å²) in [6, 6.07) is 4.87. The molecule has 0 radical (unpaired) electrons. The molecule has 2 rings (SSSR count). The highest BCUT2D eigenvalue weighted by atomic mass is 35.5. The third-order valence-corrected chi connectivity index (χ3v) is 4.94. The van der Waals surface area contributed by atoms with E-state index in [4.69, 9.17) is 11.6 Å². The van der Waals surface area contributed by atoms with Gasteiger partial charge in [0.1, 0.15) is 5.82 Å². The van der Waals surface area contributed by atoms with Crippen LogP contribution >= 0.6 is 11.6 Å². The van der Waals surface area contributed by atoms with Gasteiger partial charge >= 0.3 is 0 Å². The maximum Gasteiger partial charge on any atom is 0.123 e. The van der Waals surface area contributed by atoms with Crippen LogP contribution in [-0.4, -0.2) is 6.54 Å². The minimum Gasteiger partial charge on any atom is -0.310 e. The van der Waals surface area contributed by atoms with Crippen molar-refractivity contribution in [1.29, 1.82) is 0 Å². The summed E-state index contributed by atoms with van der Waals surface area (Å²) in [4.78, 5) is 0. The van der Waals surface area contributed by atoms with E-state index in [9.17, 15) is 4.39 Å². The summed E-state index contributed by atoms with van der Waals surface area (Å²) in [6.45, 7) is 5.21. The van der Waals surface area contributed by atoms with Gasteiger partial charge in [0.25, 0.3) is 0 Å². The first-order chi connectivity index (χ1) is 9.13. The first-order valence-electron chi connectivity index (χ1n) is 7.31. The van der Waals surface area contributed by atoms with Crippen molar-refractivity contribution < 1.29 is 4.39 Å². The molecule has 1 atom stereocenters. The SMILES string of the molecule is CCNC(c1cc(F)ccc1Cl)C1(CC)CCCC1. The molecule has 0 heterocycles. The average molecular weight is 284 g/mol. The van der Waals surface area contributed by atoms with Crippen molar-refractivity contribution >= 4 is 11.6 Å². The number of benzene rings is 1. The van der Waals surface area contributed by atoms with Gasteiger partial charge in [-0.1, -0.05) is 38.3 Å². The van der Waals surface area contributed by atoms with Gasteiger partial charge in [-0.05, 0) is 55.0 Å². The Labute approximate surface area is 120 Å². The molecule has 1 nitrogen and oxygen atoms in total. The van der Waals surface area contributed by atoms with E-state index in [1.807, 2.05) is 0 Å². The number of hydrogen-bond acceptors (Lipinski definition) is 1. The molecule has 1 aliphatic carbocycles. The first-order valence-corrected chi connectivity index (χ1v) is 7.69. The van der Waals surface area contributed by atoms with Crippen LogP contribution < -0.4 is 5.32 Å². The fourth-order valence-corrected chi connectivity index (χ4v) is 3.75. The molecule has 3 heteroatoms. The molecule has 1 N–H and O–H groups in total. The Morgan fingerprint density at radius 1 is 1.32 bits per heavy atom. The Morgan fingerprint density at radius 2 is 2.00 bits per heavy atom. The van der Waals surface area contributed by atoms with Crippen LogP contribution in [0.1, 0.15) is 57.6 Å². The molecular formula is C16H23ClFN. The first kappa shape index (κ1) is 14.8. The molecule has 1 aromatic rings. The third-order valence-electron chi connectivity index (χ3n) is 4.59. The second-order valence-electron chi connectivity index (χ2n) is 5.58. The minimum atomic E-state index is -0.202. The summed E-state index contributed by atoms with van der Waals surface area (Å²) < 4.78 is 13.6. The van der Waals surface area contributed by atoms with Gasteiger partial charge in [-0.25, -0.2) is 4.39 Å². The maximum atomic E-state index is 13.6. The van der Waals surface area contributed by atoms with Gasteiger partial charge in [-0.15, -0.1) is 0 Å². The highest BCUT2D eigenvalue weighted by molar-refractivity contribution is 6.31. The van der Waals surface area contributed by atoms with Gasteiger partial charge in [-0.3, -0.25) is 0 Å². The zero-order chi connectivity index (χ0) is 13.9. The fraction of sp³-hybridized carbons (Fsp3) is 0.625. The Balaban J connectivity index is 2.41. The zero-order valence-electron chi connectivity index (χ0n) is 11.8. The molecular weight excluding hydrogens is 261 g/mol. The van der Waals surface area contributed by atoms with Gasteiger partial charge in [0.05, 0.1) is 0 Å². The van der Waals surface area contributed by atoms with E-state index >= 15 is 0 Å². The van der Waals surface area contributed by atoms with E-state index < -0.39 is 0 Å². The van der Waals surface area contributed by atoms with E-state index in [1.165, 1.54) is 31.7 Å². The third kappa shape index (κ3) is 2.95. The van der Waals surface area contributed by atoms with Crippen LogP contribution in [0.15, 0.2) is 18.2 Å². The van der Waals surface area contributed by atoms with Gasteiger partial charge in [0.15, 0.2) is 0 Å². The molecule has 1 aliphatic rings. The van der Waals surface area contributed by atoms with Crippen LogP contribution in [0.3, 0.4) is 0 Å². The fourth-order valence-electron chi connectivity index (χ4n) is 3.52. The Bertz CT molecular complexity index is 427. The lowest BCUT2D eigenvalue weighted by molar-refractivity contribution is 0.189. The Morgan fingerprint density at radius 3 is 2.58 bits per heavy atom. The topological polar surface area (TPSA) is 12.0 Å². The minimum absolute atomic E-state index is 0.160. The number of halogens is 2. The molecule has 1 unspecified atom stereocenters. The quantitative estimate of drug-likeness (QED) is 0.793. The van der Waals surface area contributed by atoms with Gasteiger partial charge in [-0.2, -0.15) is 0 Å². The number of nitrogens with one attached hydrogen (secondary N) is 1. The smallest absolute Gasteiger partial charge is 0.123 e. The van der Waals surface area contributed by atoms with Gasteiger partial charge in [0.2, 0.25) is 0 Å². The molecule has 1 fully saturated rings. The normalized spacial score (nSPS) is 19.6. The van der Waals surface area contributed by atoms with Gasteiger partial charge in [0, 0.05) is 11.1 Å². The molecule has 0 aromatic heterocycles. The monoisotopic (exact) mass is 283 g/mol. The summed E-state index contributed by atoms with van der Waals surface area (Å²) in [5.74, 6) is -0.202. The highest BCUT2D eigenvalue weighted by Gasteiger charge is 2.40. The lowest BCUT2D eigenvalue weighted by Gasteiger charge is -2.38. The van der Waals surface area contributed by atoms with Crippen LogP contribution in [0.4, 0.5) is 4.39 Å². The van der Waals surface area contributed by atoms with Crippen molar-refractivity contribution in [3.05, 3.63) is 34.6 Å². The van der Waals surface area contributed by atoms with Crippen LogP contribution in [0.5, 0.6) is 0 Å². The average Bonchev–Trinajstić information content (AvgIpc) is 2.89. The van der Waals surface area contributed by atoms with Crippen molar-refractivity contribution in [2.24, 2.45) is 5.41 Å². The summed E-state index contributed by atoms with van der Waals surface area (Å²) in [7, 11) is 0.